The van der Waals surface area contributed by atoms with E-state index in [1.165, 1.54) is 21.3 Å². The first-order valence-corrected chi connectivity index (χ1v) is 7.63. The van der Waals surface area contributed by atoms with E-state index in [1.807, 2.05) is 0 Å². The van der Waals surface area contributed by atoms with Gasteiger partial charge in [-0.1, -0.05) is 0 Å². The molecule has 1 aromatic rings. The zero-order valence-electron chi connectivity index (χ0n) is 13.7. The Morgan fingerprint density at radius 1 is 1.13 bits per heavy atom. The molecular weight excluding hydrogens is 300 g/mol. The van der Waals surface area contributed by atoms with Crippen molar-refractivity contribution in [3.8, 4) is 17.2 Å². The van der Waals surface area contributed by atoms with Crippen molar-refractivity contribution in [3.05, 3.63) is 12.1 Å². The number of ether oxygens (including phenoxy) is 3. The molecule has 0 bridgehead atoms. The van der Waals surface area contributed by atoms with Crippen molar-refractivity contribution in [1.82, 2.24) is 5.32 Å². The van der Waals surface area contributed by atoms with Gasteiger partial charge in [0.1, 0.15) is 0 Å². The summed E-state index contributed by atoms with van der Waals surface area (Å²) in [5.41, 5.74) is 0.536. The molecule has 1 fully saturated rings. The van der Waals surface area contributed by atoms with Crippen molar-refractivity contribution in [3.63, 3.8) is 0 Å². The van der Waals surface area contributed by atoms with Crippen LogP contribution in [0.25, 0.3) is 0 Å². The molecule has 2 rings (SSSR count). The molecule has 1 aliphatic carbocycles. The van der Waals surface area contributed by atoms with Crippen LogP contribution in [0.1, 0.15) is 25.7 Å². The smallest absolute Gasteiger partial charge is 0.319 e. The van der Waals surface area contributed by atoms with Gasteiger partial charge in [0, 0.05) is 18.2 Å². The van der Waals surface area contributed by atoms with E-state index >= 15 is 0 Å². The monoisotopic (exact) mass is 324 g/mol. The lowest BCUT2D eigenvalue weighted by molar-refractivity contribution is 0.114. The largest absolute Gasteiger partial charge is 0.493 e. The number of hydrogen-bond acceptors (Lipinski definition) is 5. The minimum atomic E-state index is -0.338. The molecular formula is C16H24N2O5. The number of benzene rings is 1. The fraction of sp³-hybridized carbons (Fsp3) is 0.562. The van der Waals surface area contributed by atoms with Gasteiger partial charge in [0.15, 0.2) is 11.5 Å². The molecule has 0 radical (unpaired) electrons. The SMILES string of the molecule is COc1cc(NC(=O)N[C@@H]2CCC[C@@H](O)C2)cc(OC)c1OC. The third-order valence-corrected chi connectivity index (χ3v) is 3.90. The maximum absolute atomic E-state index is 12.1. The lowest BCUT2D eigenvalue weighted by atomic mass is 9.93. The third-order valence-electron chi connectivity index (χ3n) is 3.90. The maximum atomic E-state index is 12.1. The summed E-state index contributed by atoms with van der Waals surface area (Å²) in [4.78, 5) is 12.1. The molecule has 7 heteroatoms. The van der Waals surface area contributed by atoms with Crippen molar-refractivity contribution in [2.24, 2.45) is 0 Å². The van der Waals surface area contributed by atoms with Gasteiger partial charge < -0.3 is 30.0 Å². The quantitative estimate of drug-likeness (QED) is 0.772. The Hall–Kier alpha value is -2.15. The Bertz CT molecular complexity index is 524. The van der Waals surface area contributed by atoms with Crippen LogP contribution in [0, 0.1) is 0 Å². The van der Waals surface area contributed by atoms with E-state index in [0.29, 0.717) is 29.4 Å². The number of carbonyl (C=O) groups excluding carboxylic acids is 1. The van der Waals surface area contributed by atoms with Crippen molar-refractivity contribution in [2.75, 3.05) is 26.6 Å². The Labute approximate surface area is 135 Å². The number of nitrogens with one attached hydrogen (secondary N) is 2. The average Bonchev–Trinajstić information content (AvgIpc) is 2.53. The summed E-state index contributed by atoms with van der Waals surface area (Å²) in [6, 6.07) is 2.99. The Morgan fingerprint density at radius 3 is 2.30 bits per heavy atom. The molecule has 0 saturated heterocycles. The van der Waals surface area contributed by atoms with E-state index in [-0.39, 0.29) is 18.2 Å². The van der Waals surface area contributed by atoms with Crippen molar-refractivity contribution >= 4 is 11.7 Å². The number of aliphatic hydroxyl groups is 1. The van der Waals surface area contributed by atoms with Crippen LogP contribution in [0.3, 0.4) is 0 Å². The van der Waals surface area contributed by atoms with E-state index in [2.05, 4.69) is 10.6 Å². The van der Waals surface area contributed by atoms with Crippen LogP contribution in [0.2, 0.25) is 0 Å². The Balaban J connectivity index is 2.05. The lowest BCUT2D eigenvalue weighted by Gasteiger charge is -2.26. The van der Waals surface area contributed by atoms with Gasteiger partial charge in [-0.25, -0.2) is 4.79 Å². The van der Waals surface area contributed by atoms with Crippen LogP contribution in [-0.4, -0.2) is 44.6 Å². The second-order valence-corrected chi connectivity index (χ2v) is 5.53. The van der Waals surface area contributed by atoms with Crippen LogP contribution >= 0.6 is 0 Å². The van der Waals surface area contributed by atoms with E-state index in [0.717, 1.165) is 19.3 Å². The minimum absolute atomic E-state index is 0.0132. The second-order valence-electron chi connectivity index (χ2n) is 5.53. The second kappa shape index (κ2) is 7.92. The Morgan fingerprint density at radius 2 is 1.78 bits per heavy atom. The first-order valence-electron chi connectivity index (χ1n) is 7.63. The zero-order chi connectivity index (χ0) is 16.8. The topological polar surface area (TPSA) is 89.1 Å². The van der Waals surface area contributed by atoms with Crippen LogP contribution in [0.15, 0.2) is 12.1 Å². The molecule has 7 nitrogen and oxygen atoms in total. The molecule has 2 atom stereocenters. The highest BCUT2D eigenvalue weighted by molar-refractivity contribution is 5.90. The van der Waals surface area contributed by atoms with Crippen molar-refractivity contribution in [2.45, 2.75) is 37.8 Å². The number of rotatable bonds is 5. The summed E-state index contributed by atoms with van der Waals surface area (Å²) in [6.07, 6.45) is 2.83. The molecule has 0 spiro atoms. The van der Waals surface area contributed by atoms with Gasteiger partial charge in [-0.05, 0) is 25.7 Å². The van der Waals surface area contributed by atoms with Crippen LogP contribution in [0.4, 0.5) is 10.5 Å². The van der Waals surface area contributed by atoms with Crippen molar-refractivity contribution in [1.29, 1.82) is 0 Å². The summed E-state index contributed by atoms with van der Waals surface area (Å²) < 4.78 is 15.8. The molecule has 0 aromatic heterocycles. The molecule has 128 valence electrons. The van der Waals surface area contributed by atoms with Gasteiger partial charge in [-0.3, -0.25) is 0 Å². The molecule has 0 unspecified atom stereocenters. The highest BCUT2D eigenvalue weighted by Gasteiger charge is 2.22. The van der Waals surface area contributed by atoms with Gasteiger partial charge in [-0.2, -0.15) is 0 Å². The van der Waals surface area contributed by atoms with Crippen LogP contribution in [-0.2, 0) is 0 Å². The number of anilines is 1. The standard InChI is InChI=1S/C16H24N2O5/c1-21-13-8-11(9-14(22-2)15(13)23-3)18-16(20)17-10-5-4-6-12(19)7-10/h8-10,12,19H,4-7H2,1-3H3,(H2,17,18,20)/t10-,12-/m1/s1. The molecule has 1 aliphatic rings. The molecule has 0 aliphatic heterocycles. The molecule has 3 N–H and O–H groups in total. The highest BCUT2D eigenvalue weighted by atomic mass is 16.5. The fourth-order valence-electron chi connectivity index (χ4n) is 2.80. The minimum Gasteiger partial charge on any atom is -0.493 e. The summed E-state index contributed by atoms with van der Waals surface area (Å²) in [7, 11) is 4.56. The number of urea groups is 1. The number of aliphatic hydroxyl groups excluding tert-OH is 1. The predicted molar refractivity (Wildman–Crippen MR) is 86.5 cm³/mol. The van der Waals surface area contributed by atoms with Crippen molar-refractivity contribution < 1.29 is 24.1 Å². The lowest BCUT2D eigenvalue weighted by Crippen LogP contribution is -2.41. The van der Waals surface area contributed by atoms with Gasteiger partial charge in [0.05, 0.1) is 33.1 Å². The molecule has 1 aromatic carbocycles. The summed E-state index contributed by atoms with van der Waals surface area (Å²) in [5, 5.41) is 15.3. The predicted octanol–water partition coefficient (Wildman–Crippen LogP) is 2.14. The first kappa shape index (κ1) is 17.2. The fourth-order valence-corrected chi connectivity index (χ4v) is 2.80. The number of carbonyl (C=O) groups is 1. The van der Waals surface area contributed by atoms with E-state index in [1.54, 1.807) is 12.1 Å². The normalized spacial score (nSPS) is 20.5. The number of methoxy groups -OCH3 is 3. The van der Waals surface area contributed by atoms with Gasteiger partial charge in [0.2, 0.25) is 5.75 Å². The zero-order valence-corrected chi connectivity index (χ0v) is 13.7. The van der Waals surface area contributed by atoms with Crippen LogP contribution < -0.4 is 24.8 Å². The maximum Gasteiger partial charge on any atom is 0.319 e. The summed E-state index contributed by atoms with van der Waals surface area (Å²) in [6.45, 7) is 0. The highest BCUT2D eigenvalue weighted by Crippen LogP contribution is 2.39. The molecule has 0 heterocycles. The number of amides is 2. The molecule has 23 heavy (non-hydrogen) atoms. The third kappa shape index (κ3) is 4.41. The molecule has 2 amide bonds. The van der Waals surface area contributed by atoms with E-state index in [4.69, 9.17) is 14.2 Å². The first-order chi connectivity index (χ1) is 11.1. The van der Waals surface area contributed by atoms with Gasteiger partial charge >= 0.3 is 6.03 Å². The average molecular weight is 324 g/mol. The van der Waals surface area contributed by atoms with E-state index in [9.17, 15) is 9.90 Å². The summed E-state index contributed by atoms with van der Waals surface area (Å²) in [5.74, 6) is 1.40. The van der Waals surface area contributed by atoms with E-state index < -0.39 is 0 Å². The number of hydrogen-bond donors (Lipinski definition) is 3. The van der Waals surface area contributed by atoms with Gasteiger partial charge in [-0.15, -0.1) is 0 Å². The summed E-state index contributed by atoms with van der Waals surface area (Å²) >= 11 is 0. The Kier molecular flexibility index (Phi) is 5.92. The van der Waals surface area contributed by atoms with Crippen LogP contribution in [0.5, 0.6) is 17.2 Å². The molecule has 1 saturated carbocycles. The van der Waals surface area contributed by atoms with Gasteiger partial charge in [0.25, 0.3) is 0 Å².